The Morgan fingerprint density at radius 2 is 2.00 bits per heavy atom. The van der Waals surface area contributed by atoms with Gasteiger partial charge < -0.3 is 10.4 Å². The van der Waals surface area contributed by atoms with E-state index in [0.717, 1.165) is 34.2 Å². The van der Waals surface area contributed by atoms with Gasteiger partial charge in [-0.2, -0.15) is 0 Å². The van der Waals surface area contributed by atoms with Crippen LogP contribution in [0.3, 0.4) is 0 Å². The number of phenolic OH excluding ortho intramolecular Hbond substituents is 1. The lowest BCUT2D eigenvalue weighted by Gasteiger charge is -2.12. The number of carbonyl (C=O) groups excluding carboxylic acids is 2. The SMILES string of the molecule is Cc1cccc(CN2C(=O)N/C(=C/c3cc([N+](=O)[O-])ccc3O)C2=O)c1. The van der Waals surface area contributed by atoms with Crippen LogP contribution in [0.2, 0.25) is 0 Å². The second kappa shape index (κ2) is 6.67. The molecular weight excluding hydrogens is 338 g/mol. The van der Waals surface area contributed by atoms with E-state index in [4.69, 9.17) is 0 Å². The van der Waals surface area contributed by atoms with Crippen molar-refractivity contribution in [2.45, 2.75) is 13.5 Å². The quantitative estimate of drug-likeness (QED) is 0.380. The van der Waals surface area contributed by atoms with E-state index in [1.54, 1.807) is 0 Å². The molecule has 0 spiro atoms. The van der Waals surface area contributed by atoms with Crippen LogP contribution in [-0.2, 0) is 11.3 Å². The Kier molecular flexibility index (Phi) is 4.40. The average molecular weight is 353 g/mol. The summed E-state index contributed by atoms with van der Waals surface area (Å²) < 4.78 is 0. The highest BCUT2D eigenvalue weighted by Crippen LogP contribution is 2.26. The summed E-state index contributed by atoms with van der Waals surface area (Å²) in [5.74, 6) is -0.801. The smallest absolute Gasteiger partial charge is 0.329 e. The maximum absolute atomic E-state index is 12.5. The van der Waals surface area contributed by atoms with Gasteiger partial charge >= 0.3 is 6.03 Å². The molecule has 0 bridgehead atoms. The number of imide groups is 1. The van der Waals surface area contributed by atoms with Crippen molar-refractivity contribution in [1.82, 2.24) is 10.2 Å². The Morgan fingerprint density at radius 3 is 2.69 bits per heavy atom. The summed E-state index contributed by atoms with van der Waals surface area (Å²) in [6, 6.07) is 10.3. The van der Waals surface area contributed by atoms with Crippen LogP contribution in [0, 0.1) is 17.0 Å². The summed E-state index contributed by atoms with van der Waals surface area (Å²) >= 11 is 0. The first-order chi connectivity index (χ1) is 12.3. The highest BCUT2D eigenvalue weighted by atomic mass is 16.6. The number of urea groups is 1. The minimum Gasteiger partial charge on any atom is -0.507 e. The molecule has 1 saturated heterocycles. The Labute approximate surface area is 148 Å². The van der Waals surface area contributed by atoms with E-state index in [0.29, 0.717) is 0 Å². The number of hydrogen-bond acceptors (Lipinski definition) is 5. The molecular formula is C18H15N3O5. The van der Waals surface area contributed by atoms with Crippen LogP contribution in [0.15, 0.2) is 48.2 Å². The highest BCUT2D eigenvalue weighted by molar-refractivity contribution is 6.14. The number of nitro groups is 1. The molecule has 0 atom stereocenters. The summed E-state index contributed by atoms with van der Waals surface area (Å²) in [6.07, 6.45) is 1.22. The number of carbonyl (C=O) groups is 2. The van der Waals surface area contributed by atoms with Gasteiger partial charge in [0, 0.05) is 17.7 Å². The normalized spacial score (nSPS) is 15.4. The van der Waals surface area contributed by atoms with Crippen molar-refractivity contribution in [3.05, 3.63) is 75.0 Å². The average Bonchev–Trinajstić information content (AvgIpc) is 2.84. The van der Waals surface area contributed by atoms with E-state index in [9.17, 15) is 24.8 Å². The zero-order valence-corrected chi connectivity index (χ0v) is 13.8. The molecule has 2 aromatic rings. The van der Waals surface area contributed by atoms with Gasteiger partial charge in [0.05, 0.1) is 11.5 Å². The number of nitrogens with zero attached hydrogens (tertiary/aromatic N) is 2. The minimum absolute atomic E-state index is 0.0570. The van der Waals surface area contributed by atoms with Crippen molar-refractivity contribution in [2.24, 2.45) is 0 Å². The number of nitrogens with one attached hydrogen (secondary N) is 1. The number of nitro benzene ring substituents is 1. The molecule has 1 heterocycles. The summed E-state index contributed by atoms with van der Waals surface area (Å²) in [5.41, 5.74) is 1.58. The first-order valence-electron chi connectivity index (χ1n) is 7.72. The number of benzene rings is 2. The lowest BCUT2D eigenvalue weighted by Crippen LogP contribution is -2.30. The molecule has 3 amide bonds. The monoisotopic (exact) mass is 353 g/mol. The van der Waals surface area contributed by atoms with Crippen molar-refractivity contribution in [2.75, 3.05) is 0 Å². The van der Waals surface area contributed by atoms with E-state index in [1.165, 1.54) is 6.08 Å². The largest absolute Gasteiger partial charge is 0.507 e. The topological polar surface area (TPSA) is 113 Å². The molecule has 1 aliphatic rings. The van der Waals surface area contributed by atoms with Gasteiger partial charge in [-0.25, -0.2) is 4.79 Å². The summed E-state index contributed by atoms with van der Waals surface area (Å²) in [5, 5.41) is 23.1. The summed E-state index contributed by atoms with van der Waals surface area (Å²) in [4.78, 5) is 35.9. The zero-order chi connectivity index (χ0) is 18.8. The molecule has 1 fully saturated rings. The number of rotatable bonds is 4. The number of non-ortho nitro benzene ring substituents is 1. The highest BCUT2D eigenvalue weighted by Gasteiger charge is 2.33. The molecule has 0 saturated carbocycles. The van der Waals surface area contributed by atoms with Gasteiger partial charge in [0.1, 0.15) is 11.4 Å². The van der Waals surface area contributed by atoms with E-state index >= 15 is 0 Å². The molecule has 8 nitrogen and oxygen atoms in total. The Balaban J connectivity index is 1.88. The third kappa shape index (κ3) is 3.39. The predicted molar refractivity (Wildman–Crippen MR) is 93.0 cm³/mol. The minimum atomic E-state index is -0.611. The third-order valence-electron chi connectivity index (χ3n) is 3.91. The predicted octanol–water partition coefficient (Wildman–Crippen LogP) is 2.70. The van der Waals surface area contributed by atoms with Crippen LogP contribution >= 0.6 is 0 Å². The number of hydrogen-bond donors (Lipinski definition) is 2. The van der Waals surface area contributed by atoms with Crippen LogP contribution in [0.4, 0.5) is 10.5 Å². The summed E-state index contributed by atoms with van der Waals surface area (Å²) in [7, 11) is 0. The van der Waals surface area contributed by atoms with Crippen LogP contribution in [-0.4, -0.2) is 26.9 Å². The zero-order valence-electron chi connectivity index (χ0n) is 13.8. The number of amides is 3. The Bertz CT molecular complexity index is 952. The maximum atomic E-state index is 12.5. The third-order valence-corrected chi connectivity index (χ3v) is 3.91. The Morgan fingerprint density at radius 1 is 1.23 bits per heavy atom. The maximum Gasteiger partial charge on any atom is 0.329 e. The van der Waals surface area contributed by atoms with Gasteiger partial charge in [0.25, 0.3) is 11.6 Å². The van der Waals surface area contributed by atoms with E-state index in [-0.39, 0.29) is 29.2 Å². The van der Waals surface area contributed by atoms with Gasteiger partial charge in [-0.3, -0.25) is 19.8 Å². The summed E-state index contributed by atoms with van der Waals surface area (Å²) in [6.45, 7) is 2.01. The second-order valence-electron chi connectivity index (χ2n) is 5.87. The fourth-order valence-electron chi connectivity index (χ4n) is 2.63. The van der Waals surface area contributed by atoms with Crippen molar-refractivity contribution in [3.63, 3.8) is 0 Å². The number of aromatic hydroxyl groups is 1. The second-order valence-corrected chi connectivity index (χ2v) is 5.87. The lowest BCUT2D eigenvalue weighted by atomic mass is 10.1. The van der Waals surface area contributed by atoms with Crippen LogP contribution < -0.4 is 5.32 Å². The molecule has 132 valence electrons. The van der Waals surface area contributed by atoms with Gasteiger partial charge in [-0.1, -0.05) is 29.8 Å². The van der Waals surface area contributed by atoms with Crippen LogP contribution in [0.25, 0.3) is 6.08 Å². The molecule has 3 rings (SSSR count). The van der Waals surface area contributed by atoms with Crippen molar-refractivity contribution >= 4 is 23.7 Å². The van der Waals surface area contributed by atoms with Gasteiger partial charge in [0.2, 0.25) is 0 Å². The lowest BCUT2D eigenvalue weighted by molar-refractivity contribution is -0.384. The van der Waals surface area contributed by atoms with Gasteiger partial charge in [-0.15, -0.1) is 0 Å². The van der Waals surface area contributed by atoms with Crippen LogP contribution in [0.1, 0.15) is 16.7 Å². The van der Waals surface area contributed by atoms with E-state index in [2.05, 4.69) is 5.32 Å². The van der Waals surface area contributed by atoms with Gasteiger partial charge in [0.15, 0.2) is 0 Å². The standard InChI is InChI=1S/C18H15N3O5/c1-11-3-2-4-12(7-11)10-20-17(23)15(19-18(20)24)9-13-8-14(21(25)26)5-6-16(13)22/h2-9,22H,10H2,1H3,(H,19,24)/b15-9+. The number of phenols is 1. The van der Waals surface area contributed by atoms with Crippen molar-refractivity contribution < 1.29 is 19.6 Å². The molecule has 2 N–H and O–H groups in total. The molecule has 0 aliphatic carbocycles. The molecule has 26 heavy (non-hydrogen) atoms. The molecule has 0 aromatic heterocycles. The van der Waals surface area contributed by atoms with E-state index in [1.807, 2.05) is 31.2 Å². The molecule has 0 radical (unpaired) electrons. The van der Waals surface area contributed by atoms with Crippen LogP contribution in [0.5, 0.6) is 5.75 Å². The first-order valence-corrected chi connectivity index (χ1v) is 7.72. The van der Waals surface area contributed by atoms with Crippen molar-refractivity contribution in [1.29, 1.82) is 0 Å². The molecule has 1 aliphatic heterocycles. The molecule has 2 aromatic carbocycles. The number of aryl methyl sites for hydroxylation is 1. The van der Waals surface area contributed by atoms with E-state index < -0.39 is 16.9 Å². The fraction of sp³-hybridized carbons (Fsp3) is 0.111. The van der Waals surface area contributed by atoms with Gasteiger partial charge in [-0.05, 0) is 24.6 Å². The fourth-order valence-corrected chi connectivity index (χ4v) is 2.63. The van der Waals surface area contributed by atoms with Crippen molar-refractivity contribution in [3.8, 4) is 5.75 Å². The first kappa shape index (κ1) is 17.2. The molecule has 8 heteroatoms. The molecule has 0 unspecified atom stereocenters. The Hall–Kier alpha value is -3.68.